The second-order valence-electron chi connectivity index (χ2n) is 6.29. The van der Waals surface area contributed by atoms with E-state index in [1.807, 2.05) is 23.1 Å². The molecule has 27 heavy (non-hydrogen) atoms. The third-order valence-corrected chi connectivity index (χ3v) is 6.89. The van der Waals surface area contributed by atoms with Gasteiger partial charge in [0.1, 0.15) is 5.82 Å². The van der Waals surface area contributed by atoms with Gasteiger partial charge in [-0.05, 0) is 54.5 Å². The highest BCUT2D eigenvalue weighted by atomic mass is 32.2. The van der Waals surface area contributed by atoms with Crippen molar-refractivity contribution in [2.45, 2.75) is 18.2 Å². The van der Waals surface area contributed by atoms with E-state index in [1.165, 1.54) is 22.0 Å². The van der Waals surface area contributed by atoms with E-state index in [4.69, 9.17) is 12.2 Å². The molecule has 1 saturated heterocycles. The number of benzene rings is 2. The van der Waals surface area contributed by atoms with Gasteiger partial charge in [-0.2, -0.15) is 4.31 Å². The van der Waals surface area contributed by atoms with Gasteiger partial charge in [0.2, 0.25) is 10.0 Å². The number of hydrogen-bond acceptors (Lipinski definition) is 3. The molecule has 2 aromatic rings. The zero-order valence-corrected chi connectivity index (χ0v) is 16.7. The second kappa shape index (κ2) is 8.33. The summed E-state index contributed by atoms with van der Waals surface area (Å²) in [7, 11) is -3.62. The largest absolute Gasteiger partial charge is 0.346 e. The van der Waals surface area contributed by atoms with Crippen LogP contribution in [0, 0.1) is 5.82 Å². The number of halogens is 1. The number of rotatable bonds is 4. The zero-order valence-electron chi connectivity index (χ0n) is 15.1. The number of thiocarbonyl (C=S) groups is 1. The Morgan fingerprint density at radius 3 is 2.33 bits per heavy atom. The van der Waals surface area contributed by atoms with Crippen LogP contribution in [-0.4, -0.2) is 48.9 Å². The lowest BCUT2D eigenvalue weighted by Gasteiger charge is -2.35. The van der Waals surface area contributed by atoms with Crippen LogP contribution < -0.4 is 5.32 Å². The first-order valence-corrected chi connectivity index (χ1v) is 10.7. The van der Waals surface area contributed by atoms with Gasteiger partial charge in [-0.15, -0.1) is 0 Å². The van der Waals surface area contributed by atoms with Crippen LogP contribution in [0.3, 0.4) is 0 Å². The highest BCUT2D eigenvalue weighted by Gasteiger charge is 2.29. The molecular formula is C19H22FN3O2S2. The van der Waals surface area contributed by atoms with Gasteiger partial charge in [0.25, 0.3) is 0 Å². The van der Waals surface area contributed by atoms with Crippen LogP contribution in [0.5, 0.6) is 0 Å². The molecule has 0 saturated carbocycles. The van der Waals surface area contributed by atoms with E-state index in [2.05, 4.69) is 18.3 Å². The summed E-state index contributed by atoms with van der Waals surface area (Å²) in [5.74, 6) is -0.456. The van der Waals surface area contributed by atoms with Crippen molar-refractivity contribution in [2.75, 3.05) is 31.5 Å². The van der Waals surface area contributed by atoms with Crippen molar-refractivity contribution in [1.29, 1.82) is 0 Å². The minimum Gasteiger partial charge on any atom is -0.346 e. The molecule has 0 amide bonds. The summed E-state index contributed by atoms with van der Waals surface area (Å²) in [6, 6.07) is 12.9. The number of para-hydroxylation sites is 1. The SMILES string of the molecule is CCc1ccccc1NC(=S)N1CCN(S(=O)(=O)c2ccc(F)cc2)CC1. The number of anilines is 1. The Hall–Kier alpha value is -2.03. The summed E-state index contributed by atoms with van der Waals surface area (Å²) >= 11 is 5.51. The Bertz CT molecular complexity index is 909. The predicted molar refractivity (Wildman–Crippen MR) is 109 cm³/mol. The van der Waals surface area contributed by atoms with Gasteiger partial charge in [-0.25, -0.2) is 12.8 Å². The molecule has 1 fully saturated rings. The molecule has 1 heterocycles. The van der Waals surface area contributed by atoms with E-state index in [0.717, 1.165) is 24.2 Å². The topological polar surface area (TPSA) is 52.6 Å². The first-order valence-electron chi connectivity index (χ1n) is 8.81. The van der Waals surface area contributed by atoms with Crippen molar-refractivity contribution in [2.24, 2.45) is 0 Å². The summed E-state index contributed by atoms with van der Waals surface area (Å²) in [4.78, 5) is 2.08. The van der Waals surface area contributed by atoms with Gasteiger partial charge >= 0.3 is 0 Å². The fraction of sp³-hybridized carbons (Fsp3) is 0.316. The number of sulfonamides is 1. The molecule has 0 bridgehead atoms. The highest BCUT2D eigenvalue weighted by molar-refractivity contribution is 7.89. The lowest BCUT2D eigenvalue weighted by atomic mass is 10.1. The summed E-state index contributed by atoms with van der Waals surface area (Å²) in [5.41, 5.74) is 2.16. The molecule has 8 heteroatoms. The normalized spacial score (nSPS) is 15.6. The molecule has 0 aromatic heterocycles. The minimum absolute atomic E-state index is 0.106. The molecule has 1 N–H and O–H groups in total. The summed E-state index contributed by atoms with van der Waals surface area (Å²) < 4.78 is 39.8. The fourth-order valence-corrected chi connectivity index (χ4v) is 4.75. The Labute approximate surface area is 164 Å². The predicted octanol–water partition coefficient (Wildman–Crippen LogP) is 3.09. The van der Waals surface area contributed by atoms with Crippen LogP contribution in [0.25, 0.3) is 0 Å². The van der Waals surface area contributed by atoms with Gasteiger partial charge < -0.3 is 10.2 Å². The third kappa shape index (κ3) is 4.45. The molecule has 0 atom stereocenters. The molecule has 5 nitrogen and oxygen atoms in total. The van der Waals surface area contributed by atoms with E-state index < -0.39 is 15.8 Å². The number of nitrogens with one attached hydrogen (secondary N) is 1. The maximum absolute atomic E-state index is 13.1. The molecule has 0 spiro atoms. The first kappa shape index (κ1) is 19.7. The lowest BCUT2D eigenvalue weighted by molar-refractivity contribution is 0.268. The average Bonchev–Trinajstić information content (AvgIpc) is 2.69. The number of hydrogen-bond donors (Lipinski definition) is 1. The van der Waals surface area contributed by atoms with Crippen molar-refractivity contribution in [3.63, 3.8) is 0 Å². The molecule has 1 aliphatic heterocycles. The third-order valence-electron chi connectivity index (χ3n) is 4.62. The molecule has 2 aromatic carbocycles. The average molecular weight is 408 g/mol. The molecular weight excluding hydrogens is 385 g/mol. The Morgan fingerprint density at radius 2 is 1.70 bits per heavy atom. The maximum Gasteiger partial charge on any atom is 0.243 e. The standard InChI is InChI=1S/C19H22FN3O2S2/c1-2-15-5-3-4-6-18(15)21-19(26)22-11-13-23(14-12-22)27(24,25)17-9-7-16(20)8-10-17/h3-10H,2,11-14H2,1H3,(H,21,26). The first-order chi connectivity index (χ1) is 12.9. The van der Waals surface area contributed by atoms with Gasteiger partial charge in [0.15, 0.2) is 5.11 Å². The molecule has 1 aliphatic rings. The van der Waals surface area contributed by atoms with E-state index in [1.54, 1.807) is 0 Å². The van der Waals surface area contributed by atoms with Crippen molar-refractivity contribution in [3.8, 4) is 0 Å². The Morgan fingerprint density at radius 1 is 1.07 bits per heavy atom. The smallest absolute Gasteiger partial charge is 0.243 e. The van der Waals surface area contributed by atoms with Crippen molar-refractivity contribution in [3.05, 3.63) is 59.9 Å². The molecule has 3 rings (SSSR count). The molecule has 0 radical (unpaired) electrons. The number of aryl methyl sites for hydroxylation is 1. The molecule has 0 unspecified atom stereocenters. The highest BCUT2D eigenvalue weighted by Crippen LogP contribution is 2.20. The van der Waals surface area contributed by atoms with Gasteiger partial charge in [0, 0.05) is 31.9 Å². The summed E-state index contributed by atoms with van der Waals surface area (Å²) in [6.45, 7) is 3.75. The van der Waals surface area contributed by atoms with Crippen LogP contribution in [0.15, 0.2) is 53.4 Å². The summed E-state index contributed by atoms with van der Waals surface area (Å²) in [6.07, 6.45) is 0.898. The van der Waals surface area contributed by atoms with Gasteiger partial charge in [-0.1, -0.05) is 25.1 Å². The van der Waals surface area contributed by atoms with Crippen LogP contribution in [0.1, 0.15) is 12.5 Å². The number of nitrogens with zero attached hydrogens (tertiary/aromatic N) is 2. The van der Waals surface area contributed by atoms with Crippen molar-refractivity contribution < 1.29 is 12.8 Å². The zero-order chi connectivity index (χ0) is 19.4. The van der Waals surface area contributed by atoms with Gasteiger partial charge in [-0.3, -0.25) is 0 Å². The van der Waals surface area contributed by atoms with E-state index in [0.29, 0.717) is 31.3 Å². The van der Waals surface area contributed by atoms with Crippen LogP contribution >= 0.6 is 12.2 Å². The van der Waals surface area contributed by atoms with Crippen LogP contribution in [-0.2, 0) is 16.4 Å². The monoisotopic (exact) mass is 407 g/mol. The van der Waals surface area contributed by atoms with Crippen LogP contribution in [0.4, 0.5) is 10.1 Å². The molecule has 0 aliphatic carbocycles. The minimum atomic E-state index is -3.62. The van der Waals surface area contributed by atoms with E-state index in [9.17, 15) is 12.8 Å². The second-order valence-corrected chi connectivity index (χ2v) is 8.61. The van der Waals surface area contributed by atoms with Crippen molar-refractivity contribution >= 4 is 33.0 Å². The molecule has 144 valence electrons. The van der Waals surface area contributed by atoms with Crippen LogP contribution in [0.2, 0.25) is 0 Å². The lowest BCUT2D eigenvalue weighted by Crippen LogP contribution is -2.51. The van der Waals surface area contributed by atoms with Crippen molar-refractivity contribution in [1.82, 2.24) is 9.21 Å². The summed E-state index contributed by atoms with van der Waals surface area (Å²) in [5, 5.41) is 3.86. The Kier molecular flexibility index (Phi) is 6.08. The van der Waals surface area contributed by atoms with E-state index in [-0.39, 0.29) is 4.90 Å². The van der Waals surface area contributed by atoms with Gasteiger partial charge in [0.05, 0.1) is 4.90 Å². The quantitative estimate of drug-likeness (QED) is 0.790. The fourth-order valence-electron chi connectivity index (χ4n) is 3.03. The van der Waals surface area contributed by atoms with E-state index >= 15 is 0 Å². The maximum atomic E-state index is 13.1. The Balaban J connectivity index is 1.63. The number of piperazine rings is 1.